The van der Waals surface area contributed by atoms with Gasteiger partial charge in [-0.25, -0.2) is 9.97 Å². The number of aromatic nitrogens is 2. The van der Waals surface area contributed by atoms with Crippen molar-refractivity contribution in [3.8, 4) is 0 Å². The molecular weight excluding hydrogens is 302 g/mol. The first-order valence-corrected chi connectivity index (χ1v) is 6.25. The molecule has 0 saturated carbocycles. The fourth-order valence-corrected chi connectivity index (χ4v) is 2.17. The molecule has 17 heavy (non-hydrogen) atoms. The first-order valence-electron chi connectivity index (χ1n) is 5.08. The fourth-order valence-electron chi connectivity index (χ4n) is 1.53. The minimum Gasteiger partial charge on any atom is -0.354 e. The number of halogens is 2. The minimum atomic E-state index is 0.750. The summed E-state index contributed by atoms with van der Waals surface area (Å²) in [5.74, 6) is 0.870. The lowest BCUT2D eigenvalue weighted by Gasteiger charge is -2.19. The zero-order chi connectivity index (χ0) is 12.3. The first-order chi connectivity index (χ1) is 8.16. The van der Waals surface area contributed by atoms with E-state index >= 15 is 0 Å². The van der Waals surface area contributed by atoms with Crippen molar-refractivity contribution in [1.29, 1.82) is 0 Å². The molecule has 0 bridgehead atoms. The second-order valence-electron chi connectivity index (χ2n) is 3.68. The van der Waals surface area contributed by atoms with Crippen LogP contribution in [0.4, 0.5) is 5.82 Å². The normalized spacial score (nSPS) is 10.3. The lowest BCUT2D eigenvalue weighted by atomic mass is 10.2. The Hall–Kier alpha value is -1.13. The summed E-state index contributed by atoms with van der Waals surface area (Å²) in [5, 5.41) is 0.750. The number of nitrogens with zero attached hydrogens (tertiary/aromatic N) is 3. The highest BCUT2D eigenvalue weighted by Crippen LogP contribution is 2.22. The summed E-state index contributed by atoms with van der Waals surface area (Å²) >= 11 is 9.28. The Kier molecular flexibility index (Phi) is 3.97. The van der Waals surface area contributed by atoms with Crippen LogP contribution in [0.25, 0.3) is 0 Å². The molecule has 0 N–H and O–H groups in total. The Morgan fingerprint density at radius 1 is 1.29 bits per heavy atom. The summed E-state index contributed by atoms with van der Waals surface area (Å²) in [6, 6.07) is 7.79. The molecule has 2 aromatic rings. The zero-order valence-electron chi connectivity index (χ0n) is 9.27. The molecule has 0 saturated heterocycles. The molecule has 0 aliphatic carbocycles. The van der Waals surface area contributed by atoms with Gasteiger partial charge in [0.15, 0.2) is 0 Å². The van der Waals surface area contributed by atoms with E-state index in [0.29, 0.717) is 0 Å². The average Bonchev–Trinajstić information content (AvgIpc) is 2.32. The van der Waals surface area contributed by atoms with Crippen LogP contribution < -0.4 is 4.90 Å². The van der Waals surface area contributed by atoms with Gasteiger partial charge in [-0.3, -0.25) is 0 Å². The molecule has 1 heterocycles. The number of hydrogen-bond acceptors (Lipinski definition) is 3. The van der Waals surface area contributed by atoms with Crippen LogP contribution in [0.2, 0.25) is 5.02 Å². The summed E-state index contributed by atoms with van der Waals surface area (Å²) in [5.41, 5.74) is 1.18. The highest BCUT2D eigenvalue weighted by Gasteiger charge is 2.07. The van der Waals surface area contributed by atoms with Gasteiger partial charge in [0, 0.05) is 24.8 Å². The van der Waals surface area contributed by atoms with Gasteiger partial charge in [-0.05, 0) is 33.6 Å². The molecule has 0 aliphatic rings. The summed E-state index contributed by atoms with van der Waals surface area (Å²) in [4.78, 5) is 10.2. The van der Waals surface area contributed by atoms with Gasteiger partial charge in [-0.2, -0.15) is 0 Å². The summed E-state index contributed by atoms with van der Waals surface area (Å²) in [6.45, 7) is 0.771. The fraction of sp³-hybridized carbons (Fsp3) is 0.167. The van der Waals surface area contributed by atoms with E-state index in [0.717, 1.165) is 21.9 Å². The largest absolute Gasteiger partial charge is 0.354 e. The lowest BCUT2D eigenvalue weighted by molar-refractivity contribution is 0.886. The van der Waals surface area contributed by atoms with Gasteiger partial charge in [0.1, 0.15) is 12.1 Å². The van der Waals surface area contributed by atoms with E-state index in [1.165, 1.54) is 5.56 Å². The lowest BCUT2D eigenvalue weighted by Crippen LogP contribution is -2.18. The van der Waals surface area contributed by atoms with Crippen molar-refractivity contribution < 1.29 is 0 Å². The Bertz CT molecular complexity index is 501. The number of benzene rings is 1. The molecule has 2 rings (SSSR count). The summed E-state index contributed by atoms with van der Waals surface area (Å²) < 4.78 is 0.886. The predicted molar refractivity (Wildman–Crippen MR) is 73.3 cm³/mol. The molecule has 0 atom stereocenters. The van der Waals surface area contributed by atoms with E-state index in [-0.39, 0.29) is 0 Å². The van der Waals surface area contributed by atoms with Crippen molar-refractivity contribution in [2.45, 2.75) is 6.54 Å². The third-order valence-electron chi connectivity index (χ3n) is 2.34. The highest BCUT2D eigenvalue weighted by molar-refractivity contribution is 9.10. The monoisotopic (exact) mass is 311 g/mol. The van der Waals surface area contributed by atoms with Crippen molar-refractivity contribution in [3.05, 3.63) is 51.8 Å². The molecule has 88 valence electrons. The number of hydrogen-bond donors (Lipinski definition) is 0. The number of anilines is 1. The summed E-state index contributed by atoms with van der Waals surface area (Å²) in [6.07, 6.45) is 3.28. The topological polar surface area (TPSA) is 29.0 Å². The van der Waals surface area contributed by atoms with Crippen LogP contribution in [0.15, 0.2) is 41.3 Å². The van der Waals surface area contributed by atoms with Crippen LogP contribution in [0.3, 0.4) is 0 Å². The maximum atomic E-state index is 5.85. The molecule has 5 heteroatoms. The first kappa shape index (κ1) is 12.3. The minimum absolute atomic E-state index is 0.750. The third kappa shape index (κ3) is 3.17. The maximum absolute atomic E-state index is 5.85. The van der Waals surface area contributed by atoms with Gasteiger partial charge < -0.3 is 4.90 Å². The van der Waals surface area contributed by atoms with Crippen LogP contribution in [0.5, 0.6) is 0 Å². The van der Waals surface area contributed by atoms with Crippen LogP contribution in [-0.2, 0) is 6.54 Å². The molecule has 1 aromatic heterocycles. The van der Waals surface area contributed by atoms with E-state index in [9.17, 15) is 0 Å². The summed E-state index contributed by atoms with van der Waals surface area (Å²) in [7, 11) is 1.99. The van der Waals surface area contributed by atoms with Gasteiger partial charge in [-0.1, -0.05) is 23.7 Å². The molecule has 1 aromatic carbocycles. The van der Waals surface area contributed by atoms with Gasteiger partial charge >= 0.3 is 0 Å². The Balaban J connectivity index is 2.14. The Morgan fingerprint density at radius 2 is 2.00 bits per heavy atom. The Morgan fingerprint density at radius 3 is 2.65 bits per heavy atom. The van der Waals surface area contributed by atoms with Gasteiger partial charge in [0.05, 0.1) is 4.47 Å². The maximum Gasteiger partial charge on any atom is 0.146 e. The quantitative estimate of drug-likeness (QED) is 0.868. The van der Waals surface area contributed by atoms with Crippen molar-refractivity contribution in [3.63, 3.8) is 0 Å². The van der Waals surface area contributed by atoms with E-state index in [1.807, 2.05) is 31.3 Å². The average molecular weight is 313 g/mol. The van der Waals surface area contributed by atoms with E-state index in [2.05, 4.69) is 30.8 Å². The van der Waals surface area contributed by atoms with Crippen molar-refractivity contribution in [2.24, 2.45) is 0 Å². The molecule has 0 aliphatic heterocycles. The van der Waals surface area contributed by atoms with E-state index < -0.39 is 0 Å². The molecule has 0 fully saturated rings. The predicted octanol–water partition coefficient (Wildman–Crippen LogP) is 3.53. The number of rotatable bonds is 3. The van der Waals surface area contributed by atoms with Gasteiger partial charge in [0.2, 0.25) is 0 Å². The van der Waals surface area contributed by atoms with E-state index in [4.69, 9.17) is 11.6 Å². The smallest absolute Gasteiger partial charge is 0.146 e. The second kappa shape index (κ2) is 5.47. The van der Waals surface area contributed by atoms with E-state index in [1.54, 1.807) is 12.5 Å². The third-order valence-corrected chi connectivity index (χ3v) is 3.15. The molecule has 0 unspecified atom stereocenters. The van der Waals surface area contributed by atoms with Crippen LogP contribution in [-0.4, -0.2) is 17.0 Å². The zero-order valence-corrected chi connectivity index (χ0v) is 11.6. The van der Waals surface area contributed by atoms with Crippen LogP contribution >= 0.6 is 27.5 Å². The standard InChI is InChI=1S/C12H11BrClN3/c1-17(12-11(13)6-15-8-16-12)7-9-2-4-10(14)5-3-9/h2-6,8H,7H2,1H3. The molecule has 0 amide bonds. The van der Waals surface area contributed by atoms with Crippen molar-refractivity contribution in [1.82, 2.24) is 9.97 Å². The van der Waals surface area contributed by atoms with Crippen LogP contribution in [0.1, 0.15) is 5.56 Å². The molecule has 0 spiro atoms. The van der Waals surface area contributed by atoms with Gasteiger partial charge in [-0.15, -0.1) is 0 Å². The molecule has 3 nitrogen and oxygen atoms in total. The van der Waals surface area contributed by atoms with Crippen molar-refractivity contribution >= 4 is 33.3 Å². The highest BCUT2D eigenvalue weighted by atomic mass is 79.9. The SMILES string of the molecule is CN(Cc1ccc(Cl)cc1)c1ncncc1Br. The van der Waals surface area contributed by atoms with Gasteiger partial charge in [0.25, 0.3) is 0 Å². The molecule has 0 radical (unpaired) electrons. The van der Waals surface area contributed by atoms with Crippen LogP contribution in [0, 0.1) is 0 Å². The second-order valence-corrected chi connectivity index (χ2v) is 4.97. The molecular formula is C12H11BrClN3. The van der Waals surface area contributed by atoms with Crippen molar-refractivity contribution in [2.75, 3.05) is 11.9 Å². The Labute approximate surface area is 114 Å².